The predicted octanol–water partition coefficient (Wildman–Crippen LogP) is 3.95. The lowest BCUT2D eigenvalue weighted by Gasteiger charge is -2.24. The molecule has 3 nitrogen and oxygen atoms in total. The van der Waals surface area contributed by atoms with Crippen LogP contribution in [0.15, 0.2) is 24.3 Å². The molecule has 0 amide bonds. The van der Waals surface area contributed by atoms with Crippen LogP contribution in [0.25, 0.3) is 10.6 Å². The van der Waals surface area contributed by atoms with Gasteiger partial charge in [0.1, 0.15) is 5.01 Å². The summed E-state index contributed by atoms with van der Waals surface area (Å²) in [5.41, 5.74) is 2.98. The van der Waals surface area contributed by atoms with Gasteiger partial charge in [0.2, 0.25) is 0 Å². The molecule has 5 heteroatoms. The molecule has 1 saturated heterocycles. The van der Waals surface area contributed by atoms with Crippen molar-refractivity contribution in [2.24, 2.45) is 0 Å². The van der Waals surface area contributed by atoms with E-state index >= 15 is 0 Å². The highest BCUT2D eigenvalue weighted by molar-refractivity contribution is 7.99. The lowest BCUT2D eigenvalue weighted by atomic mass is 10.0. The molecule has 2 heterocycles. The number of aliphatic hydroxyl groups is 1. The lowest BCUT2D eigenvalue weighted by Crippen LogP contribution is -2.41. The van der Waals surface area contributed by atoms with Crippen molar-refractivity contribution < 1.29 is 5.11 Å². The van der Waals surface area contributed by atoms with Crippen LogP contribution in [0.3, 0.4) is 0 Å². The fourth-order valence-corrected chi connectivity index (χ4v) is 5.19. The molecular formula is C18H24N2OS2. The maximum Gasteiger partial charge on any atom is 0.123 e. The van der Waals surface area contributed by atoms with E-state index in [-0.39, 0.29) is 6.04 Å². The fraction of sp³-hybridized carbons (Fsp3) is 0.500. The fourth-order valence-electron chi connectivity index (χ4n) is 2.80. The second-order valence-electron chi connectivity index (χ2n) is 6.46. The topological polar surface area (TPSA) is 45.2 Å². The second kappa shape index (κ2) is 6.93. The Morgan fingerprint density at radius 2 is 2.04 bits per heavy atom. The van der Waals surface area contributed by atoms with Crippen LogP contribution < -0.4 is 5.32 Å². The number of thiazole rings is 1. The SMILES string of the molecule is Cc1ccc(-c2nc(C)c(C(C)NCC3(O)CCSC3)s2)cc1. The van der Waals surface area contributed by atoms with E-state index in [1.807, 2.05) is 11.8 Å². The van der Waals surface area contributed by atoms with E-state index in [4.69, 9.17) is 4.98 Å². The first-order chi connectivity index (χ1) is 11.0. The highest BCUT2D eigenvalue weighted by atomic mass is 32.2. The highest BCUT2D eigenvalue weighted by Crippen LogP contribution is 2.33. The van der Waals surface area contributed by atoms with Crippen LogP contribution >= 0.6 is 23.1 Å². The predicted molar refractivity (Wildman–Crippen MR) is 100 cm³/mol. The van der Waals surface area contributed by atoms with Gasteiger partial charge in [0, 0.05) is 28.8 Å². The van der Waals surface area contributed by atoms with Crippen molar-refractivity contribution in [1.82, 2.24) is 10.3 Å². The minimum absolute atomic E-state index is 0.210. The summed E-state index contributed by atoms with van der Waals surface area (Å²) < 4.78 is 0. The first kappa shape index (κ1) is 17.0. The molecule has 0 spiro atoms. The Labute approximate surface area is 146 Å². The molecule has 2 aromatic rings. The van der Waals surface area contributed by atoms with Crippen molar-refractivity contribution in [3.05, 3.63) is 40.4 Å². The van der Waals surface area contributed by atoms with Crippen LogP contribution in [-0.2, 0) is 0 Å². The minimum atomic E-state index is -0.544. The molecule has 124 valence electrons. The monoisotopic (exact) mass is 348 g/mol. The molecule has 1 aliphatic heterocycles. The summed E-state index contributed by atoms with van der Waals surface area (Å²) in [6.07, 6.45) is 0.883. The van der Waals surface area contributed by atoms with E-state index in [9.17, 15) is 5.11 Å². The Bertz CT molecular complexity index is 660. The third-order valence-corrected chi connectivity index (χ3v) is 6.97. The molecule has 2 atom stereocenters. The molecule has 2 N–H and O–H groups in total. The van der Waals surface area contributed by atoms with Crippen molar-refractivity contribution in [2.45, 2.75) is 38.8 Å². The summed E-state index contributed by atoms with van der Waals surface area (Å²) in [5.74, 6) is 1.90. The van der Waals surface area contributed by atoms with Crippen LogP contribution in [0.4, 0.5) is 0 Å². The van der Waals surface area contributed by atoms with Crippen molar-refractivity contribution in [3.8, 4) is 10.6 Å². The zero-order chi connectivity index (χ0) is 16.4. The molecule has 0 aliphatic carbocycles. The second-order valence-corrected chi connectivity index (χ2v) is 8.60. The molecule has 1 aliphatic rings. The summed E-state index contributed by atoms with van der Waals surface area (Å²) in [7, 11) is 0. The molecule has 3 rings (SSSR count). The Balaban J connectivity index is 1.71. The smallest absolute Gasteiger partial charge is 0.123 e. The Hall–Kier alpha value is -0.880. The van der Waals surface area contributed by atoms with Crippen LogP contribution in [0.5, 0.6) is 0 Å². The van der Waals surface area contributed by atoms with Crippen molar-refractivity contribution in [2.75, 3.05) is 18.1 Å². The van der Waals surface area contributed by atoms with Gasteiger partial charge in [-0.1, -0.05) is 29.8 Å². The number of nitrogens with one attached hydrogen (secondary N) is 1. The zero-order valence-corrected chi connectivity index (χ0v) is 15.6. The number of nitrogens with zero attached hydrogens (tertiary/aromatic N) is 1. The van der Waals surface area contributed by atoms with Gasteiger partial charge in [-0.3, -0.25) is 0 Å². The van der Waals surface area contributed by atoms with Crippen molar-refractivity contribution in [1.29, 1.82) is 0 Å². The van der Waals surface area contributed by atoms with Gasteiger partial charge in [-0.15, -0.1) is 11.3 Å². The van der Waals surface area contributed by atoms with Gasteiger partial charge < -0.3 is 10.4 Å². The number of aromatic nitrogens is 1. The van der Waals surface area contributed by atoms with Gasteiger partial charge >= 0.3 is 0 Å². The van der Waals surface area contributed by atoms with Gasteiger partial charge in [-0.05, 0) is 32.9 Å². The number of thioether (sulfide) groups is 1. The van der Waals surface area contributed by atoms with Crippen molar-refractivity contribution >= 4 is 23.1 Å². The Morgan fingerprint density at radius 3 is 2.70 bits per heavy atom. The molecule has 23 heavy (non-hydrogen) atoms. The summed E-state index contributed by atoms with van der Waals surface area (Å²) in [5, 5.41) is 15.0. The Morgan fingerprint density at radius 1 is 1.30 bits per heavy atom. The summed E-state index contributed by atoms with van der Waals surface area (Å²) in [4.78, 5) is 6.00. The summed E-state index contributed by atoms with van der Waals surface area (Å²) in [6, 6.07) is 8.73. The number of aryl methyl sites for hydroxylation is 2. The van der Waals surface area contributed by atoms with Crippen LogP contribution in [0.1, 0.15) is 35.5 Å². The van der Waals surface area contributed by atoms with Gasteiger partial charge in [-0.2, -0.15) is 11.8 Å². The average molecular weight is 349 g/mol. The standard InChI is InChI=1S/C18H24N2OS2/c1-12-4-6-15(7-5-12)17-20-14(3)16(23-17)13(2)19-10-18(21)8-9-22-11-18/h4-7,13,19,21H,8-11H2,1-3H3. The maximum atomic E-state index is 10.5. The van der Waals surface area contributed by atoms with Crippen molar-refractivity contribution in [3.63, 3.8) is 0 Å². The Kier molecular flexibility index (Phi) is 5.11. The summed E-state index contributed by atoms with van der Waals surface area (Å²) >= 11 is 3.58. The lowest BCUT2D eigenvalue weighted by molar-refractivity contribution is 0.0652. The van der Waals surface area contributed by atoms with Crippen LogP contribution in [0, 0.1) is 13.8 Å². The largest absolute Gasteiger partial charge is 0.388 e. The molecule has 1 aromatic carbocycles. The first-order valence-corrected chi connectivity index (χ1v) is 10.0. The van der Waals surface area contributed by atoms with E-state index in [0.29, 0.717) is 6.54 Å². The normalized spacial score (nSPS) is 22.4. The van der Waals surface area contributed by atoms with E-state index in [1.165, 1.54) is 16.0 Å². The van der Waals surface area contributed by atoms with Crippen LogP contribution in [-0.4, -0.2) is 33.7 Å². The average Bonchev–Trinajstić information content (AvgIpc) is 3.13. The van der Waals surface area contributed by atoms with E-state index in [2.05, 4.69) is 50.4 Å². The number of hydrogen-bond acceptors (Lipinski definition) is 5. The van der Waals surface area contributed by atoms with E-state index < -0.39 is 5.60 Å². The third kappa shape index (κ3) is 3.97. The molecule has 1 fully saturated rings. The minimum Gasteiger partial charge on any atom is -0.388 e. The third-order valence-electron chi connectivity index (χ3n) is 4.34. The molecular weight excluding hydrogens is 324 g/mol. The van der Waals surface area contributed by atoms with Gasteiger partial charge in [0.25, 0.3) is 0 Å². The van der Waals surface area contributed by atoms with E-state index in [1.54, 1.807) is 11.3 Å². The van der Waals surface area contributed by atoms with Gasteiger partial charge in [-0.25, -0.2) is 4.98 Å². The van der Waals surface area contributed by atoms with Gasteiger partial charge in [0.15, 0.2) is 0 Å². The van der Waals surface area contributed by atoms with E-state index in [0.717, 1.165) is 28.6 Å². The number of rotatable bonds is 5. The molecule has 2 unspecified atom stereocenters. The maximum absolute atomic E-state index is 10.5. The first-order valence-electron chi connectivity index (χ1n) is 8.05. The summed E-state index contributed by atoms with van der Waals surface area (Å²) in [6.45, 7) is 6.98. The van der Waals surface area contributed by atoms with Gasteiger partial charge in [0.05, 0.1) is 11.3 Å². The molecule has 0 bridgehead atoms. The number of hydrogen-bond donors (Lipinski definition) is 2. The molecule has 0 radical (unpaired) electrons. The zero-order valence-electron chi connectivity index (χ0n) is 13.9. The number of benzene rings is 1. The molecule has 1 aromatic heterocycles. The molecule has 0 saturated carbocycles. The quantitative estimate of drug-likeness (QED) is 0.859. The highest BCUT2D eigenvalue weighted by Gasteiger charge is 2.32. The van der Waals surface area contributed by atoms with Crippen LogP contribution in [0.2, 0.25) is 0 Å².